The minimum absolute atomic E-state index is 0.000609. The number of nitrogens with zero attached hydrogens (tertiary/aromatic N) is 1. The minimum Gasteiger partial charge on any atom is -0.497 e. The van der Waals surface area contributed by atoms with Crippen molar-refractivity contribution in [2.75, 3.05) is 26.0 Å². The molecule has 2 aromatic rings. The van der Waals surface area contributed by atoms with Crippen molar-refractivity contribution in [2.45, 2.75) is 19.4 Å². The van der Waals surface area contributed by atoms with Gasteiger partial charge in [0.15, 0.2) is 0 Å². The summed E-state index contributed by atoms with van der Waals surface area (Å²) in [5.41, 5.74) is 2.63. The molecule has 1 N–H and O–H groups in total. The highest BCUT2D eigenvalue weighted by molar-refractivity contribution is 7.89. The van der Waals surface area contributed by atoms with Crippen LogP contribution in [-0.2, 0) is 23.0 Å². The minimum atomic E-state index is -3.38. The molecule has 0 aliphatic carbocycles. The van der Waals surface area contributed by atoms with Crippen LogP contribution in [0.25, 0.3) is 0 Å². The van der Waals surface area contributed by atoms with Gasteiger partial charge in [-0.2, -0.15) is 4.31 Å². The third-order valence-electron chi connectivity index (χ3n) is 4.76. The Hall–Kier alpha value is -2.09. The molecule has 28 heavy (non-hydrogen) atoms. The number of fused-ring (bicyclic) bond motifs is 1. The highest BCUT2D eigenvalue weighted by Gasteiger charge is 2.26. The van der Waals surface area contributed by atoms with Crippen LogP contribution in [0.3, 0.4) is 0 Å². The molecule has 3 rings (SSSR count). The maximum Gasteiger partial charge on any atom is 0.251 e. The summed E-state index contributed by atoms with van der Waals surface area (Å²) in [6, 6.07) is 12.3. The Labute approximate surface area is 170 Å². The first-order valence-electron chi connectivity index (χ1n) is 9.06. The second kappa shape index (κ2) is 8.94. The first-order valence-corrected chi connectivity index (χ1v) is 11.0. The monoisotopic (exact) mass is 422 g/mol. The molecule has 150 valence electrons. The van der Waals surface area contributed by atoms with Gasteiger partial charge < -0.3 is 10.1 Å². The Balaban J connectivity index is 1.50. The molecule has 6 nitrogen and oxygen atoms in total. The molecule has 0 aromatic heterocycles. The summed E-state index contributed by atoms with van der Waals surface area (Å²) in [7, 11) is -1.76. The maximum absolute atomic E-state index is 12.6. The molecule has 1 amide bonds. The number of nitrogens with one attached hydrogen (secondary N) is 1. The summed E-state index contributed by atoms with van der Waals surface area (Å²) in [6.45, 7) is 1.13. The molecule has 8 heteroatoms. The number of ether oxygens (including phenoxy) is 1. The van der Waals surface area contributed by atoms with Crippen molar-refractivity contribution in [3.63, 3.8) is 0 Å². The van der Waals surface area contributed by atoms with Gasteiger partial charge in [-0.1, -0.05) is 17.7 Å². The lowest BCUT2D eigenvalue weighted by Gasteiger charge is -2.28. The second-order valence-corrected chi connectivity index (χ2v) is 9.18. The summed E-state index contributed by atoms with van der Waals surface area (Å²) in [6.07, 6.45) is 1.02. The molecule has 0 atom stereocenters. The molecule has 0 fully saturated rings. The zero-order valence-corrected chi connectivity index (χ0v) is 17.2. The van der Waals surface area contributed by atoms with Crippen molar-refractivity contribution < 1.29 is 17.9 Å². The van der Waals surface area contributed by atoms with Crippen molar-refractivity contribution in [2.24, 2.45) is 0 Å². The molecule has 0 bridgehead atoms. The predicted octanol–water partition coefficient (Wildman–Crippen LogP) is 2.86. The molecular weight excluding hydrogens is 400 g/mol. The van der Waals surface area contributed by atoms with E-state index < -0.39 is 10.0 Å². The van der Waals surface area contributed by atoms with Gasteiger partial charge in [-0.25, -0.2) is 8.42 Å². The number of carbonyl (C=O) groups is 1. The van der Waals surface area contributed by atoms with Crippen LogP contribution >= 0.6 is 11.6 Å². The molecule has 2 aromatic carbocycles. The largest absolute Gasteiger partial charge is 0.497 e. The first-order chi connectivity index (χ1) is 13.4. The van der Waals surface area contributed by atoms with Crippen LogP contribution < -0.4 is 10.1 Å². The summed E-state index contributed by atoms with van der Waals surface area (Å²) < 4.78 is 32.0. The van der Waals surface area contributed by atoms with Gasteiger partial charge in [0.25, 0.3) is 5.91 Å². The SMILES string of the molecule is COc1ccc2c(c1)CCN(S(=O)(=O)CCCNC(=O)c1ccc(Cl)cc1)C2. The normalized spacial score (nSPS) is 14.4. The number of methoxy groups -OCH3 is 1. The van der Waals surface area contributed by atoms with Gasteiger partial charge in [-0.05, 0) is 60.4 Å². The molecule has 0 radical (unpaired) electrons. The van der Waals surface area contributed by atoms with Gasteiger partial charge in [0.2, 0.25) is 10.0 Å². The number of hydrogen-bond donors (Lipinski definition) is 1. The Morgan fingerprint density at radius 3 is 2.64 bits per heavy atom. The van der Waals surface area contributed by atoms with Crippen LogP contribution in [0.4, 0.5) is 0 Å². The molecule has 1 aliphatic rings. The van der Waals surface area contributed by atoms with Gasteiger partial charge in [0.05, 0.1) is 12.9 Å². The van der Waals surface area contributed by atoms with Crippen LogP contribution in [0.15, 0.2) is 42.5 Å². The van der Waals surface area contributed by atoms with Gasteiger partial charge in [-0.15, -0.1) is 0 Å². The quantitative estimate of drug-likeness (QED) is 0.696. The third kappa shape index (κ3) is 5.04. The van der Waals surface area contributed by atoms with Crippen LogP contribution in [0.1, 0.15) is 27.9 Å². The molecular formula is C20H23ClN2O4S. The van der Waals surface area contributed by atoms with E-state index in [0.717, 1.165) is 16.9 Å². The van der Waals surface area contributed by atoms with Crippen molar-refractivity contribution in [3.8, 4) is 5.75 Å². The van der Waals surface area contributed by atoms with Crippen molar-refractivity contribution >= 4 is 27.5 Å². The predicted molar refractivity (Wildman–Crippen MR) is 109 cm³/mol. The fourth-order valence-corrected chi connectivity index (χ4v) is 4.76. The number of carbonyl (C=O) groups excluding carboxylic acids is 1. The molecule has 0 unspecified atom stereocenters. The van der Waals surface area contributed by atoms with Crippen LogP contribution in [-0.4, -0.2) is 44.6 Å². The number of halogens is 1. The molecule has 0 saturated heterocycles. The molecule has 1 heterocycles. The van der Waals surface area contributed by atoms with Gasteiger partial charge in [0.1, 0.15) is 5.75 Å². The topological polar surface area (TPSA) is 75.7 Å². The summed E-state index contributed by atoms with van der Waals surface area (Å²) in [4.78, 5) is 12.0. The maximum atomic E-state index is 12.6. The van der Waals surface area contributed by atoms with Gasteiger partial charge in [-0.3, -0.25) is 4.79 Å². The lowest BCUT2D eigenvalue weighted by Crippen LogP contribution is -2.38. The first kappa shape index (κ1) is 20.6. The zero-order valence-electron chi connectivity index (χ0n) is 15.7. The van der Waals surface area contributed by atoms with E-state index in [1.54, 1.807) is 31.4 Å². The van der Waals surface area contributed by atoms with Crippen molar-refractivity contribution in [1.29, 1.82) is 0 Å². The van der Waals surface area contributed by atoms with Crippen LogP contribution in [0, 0.1) is 0 Å². The number of amides is 1. The Bertz CT molecular complexity index is 945. The van der Waals surface area contributed by atoms with E-state index >= 15 is 0 Å². The van der Waals surface area contributed by atoms with E-state index in [1.807, 2.05) is 18.2 Å². The fraction of sp³-hybridized carbons (Fsp3) is 0.350. The van der Waals surface area contributed by atoms with E-state index in [4.69, 9.17) is 16.3 Å². The standard InChI is InChI=1S/C20H23ClN2O4S/c1-27-19-8-5-17-14-23(11-9-16(17)13-19)28(25,26)12-2-10-22-20(24)15-3-6-18(21)7-4-15/h3-8,13H,2,9-12,14H2,1H3,(H,22,24). The van der Waals surface area contributed by atoms with Crippen LogP contribution in [0.2, 0.25) is 5.02 Å². The molecule has 0 saturated carbocycles. The average molecular weight is 423 g/mol. The average Bonchev–Trinajstić information content (AvgIpc) is 2.70. The Morgan fingerprint density at radius 1 is 1.18 bits per heavy atom. The van der Waals surface area contributed by atoms with Gasteiger partial charge >= 0.3 is 0 Å². The zero-order chi connectivity index (χ0) is 20.1. The lowest BCUT2D eigenvalue weighted by atomic mass is 10.0. The smallest absolute Gasteiger partial charge is 0.251 e. The third-order valence-corrected chi connectivity index (χ3v) is 6.91. The Kier molecular flexibility index (Phi) is 6.59. The van der Waals surface area contributed by atoms with Crippen LogP contribution in [0.5, 0.6) is 5.75 Å². The van der Waals surface area contributed by atoms with E-state index in [1.165, 1.54) is 4.31 Å². The van der Waals surface area contributed by atoms with E-state index in [2.05, 4.69) is 5.32 Å². The number of sulfonamides is 1. The summed E-state index contributed by atoms with van der Waals surface area (Å²) in [5, 5.41) is 3.30. The number of benzene rings is 2. The van der Waals surface area contributed by atoms with E-state index in [0.29, 0.717) is 43.1 Å². The van der Waals surface area contributed by atoms with E-state index in [-0.39, 0.29) is 11.7 Å². The molecule has 1 aliphatic heterocycles. The van der Waals surface area contributed by atoms with Gasteiger partial charge in [0, 0.05) is 30.2 Å². The van der Waals surface area contributed by atoms with Crippen molar-refractivity contribution in [3.05, 3.63) is 64.2 Å². The highest BCUT2D eigenvalue weighted by atomic mass is 35.5. The highest BCUT2D eigenvalue weighted by Crippen LogP contribution is 2.25. The lowest BCUT2D eigenvalue weighted by molar-refractivity contribution is 0.0953. The summed E-state index contributed by atoms with van der Waals surface area (Å²) >= 11 is 5.80. The Morgan fingerprint density at radius 2 is 1.93 bits per heavy atom. The second-order valence-electron chi connectivity index (χ2n) is 6.65. The number of rotatable bonds is 7. The van der Waals surface area contributed by atoms with E-state index in [9.17, 15) is 13.2 Å². The summed E-state index contributed by atoms with van der Waals surface area (Å²) in [5.74, 6) is 0.542. The fourth-order valence-electron chi connectivity index (χ4n) is 3.16. The molecule has 0 spiro atoms. The van der Waals surface area contributed by atoms with Crippen molar-refractivity contribution in [1.82, 2.24) is 9.62 Å². The number of hydrogen-bond acceptors (Lipinski definition) is 4.